The third-order valence-electron chi connectivity index (χ3n) is 7.28. The quantitative estimate of drug-likeness (QED) is 0.0984. The summed E-state index contributed by atoms with van der Waals surface area (Å²) in [6, 6.07) is 17.6. The normalized spacial score (nSPS) is 10.4. The van der Waals surface area contributed by atoms with E-state index in [0.29, 0.717) is 25.1 Å². The molecule has 2 heterocycles. The molecule has 8 nitrogen and oxygen atoms in total. The summed E-state index contributed by atoms with van der Waals surface area (Å²) in [5, 5.41) is 19.1. The number of aldehydes is 1. The fraction of sp³-hybridized carbons (Fsp3) is 0.286. The number of hydrogen-bond donors (Lipinski definition) is 4. The lowest BCUT2D eigenvalue weighted by Crippen LogP contribution is -2.09. The number of H-pyrrole nitrogens is 2. The molecule has 5 rings (SSSR count). The summed E-state index contributed by atoms with van der Waals surface area (Å²) in [6.45, 7) is 11.4. The molecule has 1 amide bonds. The molecule has 9 heteroatoms. The fourth-order valence-electron chi connectivity index (χ4n) is 5.25. The van der Waals surface area contributed by atoms with Crippen molar-refractivity contribution < 1.29 is 19.4 Å². The molecule has 0 fully saturated rings. The van der Waals surface area contributed by atoms with E-state index < -0.39 is 0 Å². The Morgan fingerprint density at radius 3 is 2.30 bits per heavy atom. The Kier molecular flexibility index (Phi) is 12.7. The van der Waals surface area contributed by atoms with Gasteiger partial charge in [0, 0.05) is 52.1 Å². The van der Waals surface area contributed by atoms with Gasteiger partial charge in [0.25, 0.3) is 0 Å². The molecule has 232 valence electrons. The zero-order valence-corrected chi connectivity index (χ0v) is 26.9. The topological polar surface area (TPSA) is 120 Å². The van der Waals surface area contributed by atoms with Crippen LogP contribution in [0.4, 0.5) is 0 Å². The van der Waals surface area contributed by atoms with Crippen molar-refractivity contribution in [2.24, 2.45) is 0 Å². The van der Waals surface area contributed by atoms with Gasteiger partial charge in [0.1, 0.15) is 12.0 Å². The molecule has 0 bridgehead atoms. The molecule has 4 N–H and O–H groups in total. The van der Waals surface area contributed by atoms with Crippen LogP contribution in [0.25, 0.3) is 22.0 Å². The summed E-state index contributed by atoms with van der Waals surface area (Å²) >= 11 is 6.26. The molecule has 0 aliphatic rings. The fourth-order valence-corrected chi connectivity index (χ4v) is 5.36. The number of nitrogens with one attached hydrogen (secondary N) is 3. The van der Waals surface area contributed by atoms with E-state index in [1.54, 1.807) is 18.2 Å². The number of hydrogen-bond acceptors (Lipinski definition) is 5. The van der Waals surface area contributed by atoms with Gasteiger partial charge in [-0.25, -0.2) is 0 Å². The number of carbonyl (C=O) groups is 2. The number of amides is 1. The zero-order valence-electron chi connectivity index (χ0n) is 26.2. The molecule has 0 unspecified atom stereocenters. The van der Waals surface area contributed by atoms with Gasteiger partial charge >= 0.3 is 0 Å². The van der Waals surface area contributed by atoms with Crippen LogP contribution in [0.1, 0.15) is 56.1 Å². The van der Waals surface area contributed by atoms with Gasteiger partial charge in [-0.3, -0.25) is 14.7 Å². The maximum absolute atomic E-state index is 10.3. The van der Waals surface area contributed by atoms with E-state index >= 15 is 0 Å². The van der Waals surface area contributed by atoms with Gasteiger partial charge in [0.2, 0.25) is 6.41 Å². The smallest absolute Gasteiger partial charge is 0.207 e. The Labute approximate surface area is 263 Å². The molecule has 0 saturated heterocycles. The van der Waals surface area contributed by atoms with Crippen molar-refractivity contribution in [2.45, 2.75) is 54.0 Å². The lowest BCUT2D eigenvalue weighted by Gasteiger charge is -2.10. The van der Waals surface area contributed by atoms with Crippen molar-refractivity contribution in [3.63, 3.8) is 0 Å². The first-order chi connectivity index (χ1) is 21.2. The van der Waals surface area contributed by atoms with Crippen molar-refractivity contribution in [3.8, 4) is 16.9 Å². The van der Waals surface area contributed by atoms with E-state index in [-0.39, 0.29) is 0 Å². The first-order valence-electron chi connectivity index (χ1n) is 14.4. The standard InChI is InChI=1S/C25H28ClN3O.C9H9NO2.CH4O/c1-14-12-19(13-15(2)24(14)26)30-11-7-10-20-16(3)27-25-21(20)8-6-9-22(25)23-17(4)28-29-18(23)5;11-6-9-3-1-2-8(4-9)5-10-7-12;1-2/h6,8-9,12-13,27H,7,10-11H2,1-5H3,(H,28,29);1-4,6-7H,5H2,(H,10,12);2H,1H3. The molecule has 0 saturated carbocycles. The number of carbonyl (C=O) groups excluding carboxylic acids is 2. The van der Waals surface area contributed by atoms with E-state index in [2.05, 4.69) is 52.5 Å². The van der Waals surface area contributed by atoms with Gasteiger partial charge in [0.15, 0.2) is 0 Å². The number of nitrogens with zero attached hydrogens (tertiary/aromatic N) is 1. The third kappa shape index (κ3) is 8.36. The first kappa shape index (κ1) is 34.1. The van der Waals surface area contributed by atoms with Gasteiger partial charge in [-0.2, -0.15) is 5.10 Å². The molecule has 5 aromatic rings. The van der Waals surface area contributed by atoms with Gasteiger partial charge in [-0.05, 0) is 87.9 Å². The molecule has 0 atom stereocenters. The summed E-state index contributed by atoms with van der Waals surface area (Å²) in [6.07, 6.45) is 3.32. The van der Waals surface area contributed by atoms with Crippen LogP contribution in [0.5, 0.6) is 5.75 Å². The van der Waals surface area contributed by atoms with Crippen LogP contribution in [0, 0.1) is 34.6 Å². The Balaban J connectivity index is 0.000000317. The predicted molar refractivity (Wildman–Crippen MR) is 178 cm³/mol. The van der Waals surface area contributed by atoms with Crippen molar-refractivity contribution >= 4 is 35.2 Å². The summed E-state index contributed by atoms with van der Waals surface area (Å²) in [7, 11) is 1.00. The van der Waals surface area contributed by atoms with Crippen LogP contribution in [0.2, 0.25) is 5.02 Å². The van der Waals surface area contributed by atoms with Crippen molar-refractivity contribution in [1.82, 2.24) is 20.5 Å². The van der Waals surface area contributed by atoms with E-state index in [4.69, 9.17) is 21.4 Å². The molecule has 0 spiro atoms. The summed E-state index contributed by atoms with van der Waals surface area (Å²) in [4.78, 5) is 23.9. The van der Waals surface area contributed by atoms with Crippen LogP contribution in [0.3, 0.4) is 0 Å². The summed E-state index contributed by atoms with van der Waals surface area (Å²) in [5.74, 6) is 0.887. The lowest BCUT2D eigenvalue weighted by atomic mass is 9.99. The molecular formula is C35H41ClN4O4. The SMILES string of the molecule is CO.Cc1cc(OCCCc2c(C)[nH]c3c(-c4c(C)n[nH]c4C)cccc23)cc(C)c1Cl.O=CNCc1cccc(C=O)c1. The first-order valence-corrected chi connectivity index (χ1v) is 14.8. The Bertz CT molecular complexity index is 1660. The maximum atomic E-state index is 10.3. The number of ether oxygens (including phenoxy) is 1. The minimum Gasteiger partial charge on any atom is -0.494 e. The number of para-hydroxylation sites is 1. The number of benzene rings is 3. The zero-order chi connectivity index (χ0) is 32.2. The number of aliphatic hydroxyl groups is 1. The second kappa shape index (κ2) is 16.4. The molecule has 2 aromatic heterocycles. The highest BCUT2D eigenvalue weighted by molar-refractivity contribution is 6.32. The number of aromatic nitrogens is 3. The maximum Gasteiger partial charge on any atom is 0.207 e. The van der Waals surface area contributed by atoms with E-state index in [0.717, 1.165) is 65.1 Å². The minimum atomic E-state index is 0.463. The second-order valence-corrected chi connectivity index (χ2v) is 10.8. The molecule has 44 heavy (non-hydrogen) atoms. The largest absolute Gasteiger partial charge is 0.494 e. The summed E-state index contributed by atoms with van der Waals surface area (Å²) < 4.78 is 6.01. The average molecular weight is 617 g/mol. The lowest BCUT2D eigenvalue weighted by molar-refractivity contribution is -0.109. The molecule has 0 aliphatic carbocycles. The van der Waals surface area contributed by atoms with Crippen molar-refractivity contribution in [3.05, 3.63) is 105 Å². The molecule has 0 aliphatic heterocycles. The van der Waals surface area contributed by atoms with Crippen molar-refractivity contribution in [1.29, 1.82) is 0 Å². The van der Waals surface area contributed by atoms with Gasteiger partial charge in [-0.15, -0.1) is 0 Å². The van der Waals surface area contributed by atoms with E-state index in [1.165, 1.54) is 33.3 Å². The summed E-state index contributed by atoms with van der Waals surface area (Å²) in [5.41, 5.74) is 11.9. The van der Waals surface area contributed by atoms with E-state index in [1.807, 2.05) is 39.0 Å². The number of rotatable bonds is 10. The third-order valence-corrected chi connectivity index (χ3v) is 7.87. The Hall–Kier alpha value is -4.40. The molecular weight excluding hydrogens is 576 g/mol. The molecule has 0 radical (unpaired) electrons. The van der Waals surface area contributed by atoms with Crippen molar-refractivity contribution in [2.75, 3.05) is 13.7 Å². The number of halogens is 1. The highest BCUT2D eigenvalue weighted by atomic mass is 35.5. The van der Waals surface area contributed by atoms with Crippen LogP contribution < -0.4 is 10.1 Å². The monoisotopic (exact) mass is 616 g/mol. The van der Waals surface area contributed by atoms with Crippen LogP contribution in [-0.2, 0) is 17.8 Å². The predicted octanol–water partition coefficient (Wildman–Crippen LogP) is 7.12. The van der Waals surface area contributed by atoms with Crippen LogP contribution in [0.15, 0.2) is 54.6 Å². The highest BCUT2D eigenvalue weighted by Crippen LogP contribution is 2.34. The number of aliphatic hydroxyl groups excluding tert-OH is 1. The van der Waals surface area contributed by atoms with E-state index in [9.17, 15) is 9.59 Å². The molecule has 3 aromatic carbocycles. The number of aryl methyl sites for hydroxylation is 6. The van der Waals surface area contributed by atoms with Crippen LogP contribution >= 0.6 is 11.6 Å². The van der Waals surface area contributed by atoms with Crippen LogP contribution in [-0.4, -0.2) is 46.7 Å². The van der Waals surface area contributed by atoms with Gasteiger partial charge < -0.3 is 20.1 Å². The van der Waals surface area contributed by atoms with Gasteiger partial charge in [0.05, 0.1) is 17.8 Å². The number of fused-ring (bicyclic) bond motifs is 1. The van der Waals surface area contributed by atoms with Gasteiger partial charge in [-0.1, -0.05) is 48.0 Å². The highest BCUT2D eigenvalue weighted by Gasteiger charge is 2.16. The second-order valence-electron chi connectivity index (χ2n) is 10.5. The Morgan fingerprint density at radius 2 is 1.66 bits per heavy atom. The average Bonchev–Trinajstić information content (AvgIpc) is 3.54. The number of aromatic amines is 2. The Morgan fingerprint density at radius 1 is 0.955 bits per heavy atom. The minimum absolute atomic E-state index is 0.463.